The summed E-state index contributed by atoms with van der Waals surface area (Å²) in [6.45, 7) is 1.54. The molecule has 22 heavy (non-hydrogen) atoms. The second-order valence-electron chi connectivity index (χ2n) is 5.70. The van der Waals surface area contributed by atoms with Crippen LogP contribution in [-0.4, -0.2) is 19.1 Å². The lowest BCUT2D eigenvalue weighted by Crippen LogP contribution is -2.34. The van der Waals surface area contributed by atoms with Crippen molar-refractivity contribution >= 4 is 5.91 Å². The fourth-order valence-electron chi connectivity index (χ4n) is 2.86. The largest absolute Gasteiger partial charge is 0.486 e. The zero-order chi connectivity index (χ0) is 15.0. The minimum atomic E-state index is -0.428. The predicted octanol–water partition coefficient (Wildman–Crippen LogP) is 2.40. The van der Waals surface area contributed by atoms with Gasteiger partial charge < -0.3 is 19.2 Å². The summed E-state index contributed by atoms with van der Waals surface area (Å²) in [5.41, 5.74) is 0.566. The lowest BCUT2D eigenvalue weighted by Gasteiger charge is -2.21. The van der Waals surface area contributed by atoms with Gasteiger partial charge in [0, 0.05) is 0 Å². The maximum atomic E-state index is 12.6. The SMILES string of the molecule is O=C(NCc1ccco1)C1(c2ccc3c(c2)OCCO3)CC1. The van der Waals surface area contributed by atoms with E-state index in [1.54, 1.807) is 6.26 Å². The zero-order valence-corrected chi connectivity index (χ0v) is 12.1. The average Bonchev–Trinajstić information content (AvgIpc) is 3.21. The van der Waals surface area contributed by atoms with Crippen molar-refractivity contribution in [3.05, 3.63) is 47.9 Å². The second-order valence-corrected chi connectivity index (χ2v) is 5.70. The monoisotopic (exact) mass is 299 g/mol. The lowest BCUT2D eigenvalue weighted by molar-refractivity contribution is -0.123. The number of furan rings is 1. The van der Waals surface area contributed by atoms with Gasteiger partial charge in [-0.2, -0.15) is 0 Å². The molecule has 1 aliphatic heterocycles. The van der Waals surface area contributed by atoms with Crippen LogP contribution in [0.2, 0.25) is 0 Å². The fraction of sp³-hybridized carbons (Fsp3) is 0.353. The van der Waals surface area contributed by atoms with Crippen LogP contribution in [0.4, 0.5) is 0 Å². The lowest BCUT2D eigenvalue weighted by atomic mass is 9.94. The third-order valence-electron chi connectivity index (χ3n) is 4.28. The van der Waals surface area contributed by atoms with E-state index in [1.807, 2.05) is 30.3 Å². The molecule has 114 valence electrons. The molecule has 1 aromatic carbocycles. The summed E-state index contributed by atoms with van der Waals surface area (Å²) in [6, 6.07) is 9.46. The summed E-state index contributed by atoms with van der Waals surface area (Å²) in [5.74, 6) is 2.28. The maximum Gasteiger partial charge on any atom is 0.231 e. The van der Waals surface area contributed by atoms with Crippen LogP contribution >= 0.6 is 0 Å². The van der Waals surface area contributed by atoms with Crippen LogP contribution in [0.15, 0.2) is 41.0 Å². The standard InChI is InChI=1S/C17H17NO4/c19-16(18-11-13-2-1-7-20-13)17(5-6-17)12-3-4-14-15(10-12)22-9-8-21-14/h1-4,7,10H,5-6,8-9,11H2,(H,18,19). The highest BCUT2D eigenvalue weighted by molar-refractivity contribution is 5.91. The van der Waals surface area contributed by atoms with E-state index in [0.29, 0.717) is 19.8 Å². The van der Waals surface area contributed by atoms with E-state index in [0.717, 1.165) is 35.7 Å². The van der Waals surface area contributed by atoms with Gasteiger partial charge in [0.1, 0.15) is 19.0 Å². The molecule has 0 atom stereocenters. The number of fused-ring (bicyclic) bond motifs is 1. The van der Waals surface area contributed by atoms with Crippen LogP contribution in [0.5, 0.6) is 11.5 Å². The Hall–Kier alpha value is -2.43. The highest BCUT2D eigenvalue weighted by Crippen LogP contribution is 2.50. The molecule has 2 aromatic rings. The molecule has 4 rings (SSSR count). The van der Waals surface area contributed by atoms with Gasteiger partial charge in [-0.15, -0.1) is 0 Å². The summed E-state index contributed by atoms with van der Waals surface area (Å²) < 4.78 is 16.4. The Bertz CT molecular complexity index is 689. The van der Waals surface area contributed by atoms with Crippen molar-refractivity contribution in [1.29, 1.82) is 0 Å². The molecule has 1 N–H and O–H groups in total. The molecule has 1 saturated carbocycles. The summed E-state index contributed by atoms with van der Waals surface area (Å²) in [7, 11) is 0. The van der Waals surface area contributed by atoms with Crippen LogP contribution < -0.4 is 14.8 Å². The first-order valence-corrected chi connectivity index (χ1v) is 7.49. The van der Waals surface area contributed by atoms with Crippen LogP contribution in [0.25, 0.3) is 0 Å². The Morgan fingerprint density at radius 3 is 2.68 bits per heavy atom. The highest BCUT2D eigenvalue weighted by atomic mass is 16.6. The maximum absolute atomic E-state index is 12.6. The van der Waals surface area contributed by atoms with Crippen molar-refractivity contribution in [2.24, 2.45) is 0 Å². The number of amides is 1. The Kier molecular flexibility index (Phi) is 3.06. The highest BCUT2D eigenvalue weighted by Gasteiger charge is 2.51. The summed E-state index contributed by atoms with van der Waals surface area (Å²) >= 11 is 0. The van der Waals surface area contributed by atoms with E-state index in [1.165, 1.54) is 0 Å². The number of nitrogens with one attached hydrogen (secondary N) is 1. The number of rotatable bonds is 4. The van der Waals surface area contributed by atoms with E-state index in [2.05, 4.69) is 5.32 Å². The van der Waals surface area contributed by atoms with E-state index < -0.39 is 5.41 Å². The van der Waals surface area contributed by atoms with E-state index in [9.17, 15) is 4.79 Å². The first kappa shape index (κ1) is 13.2. The first-order chi connectivity index (χ1) is 10.8. The minimum Gasteiger partial charge on any atom is -0.486 e. The molecule has 0 radical (unpaired) electrons. The Labute approximate surface area is 128 Å². The van der Waals surface area contributed by atoms with Gasteiger partial charge in [0.15, 0.2) is 11.5 Å². The Balaban J connectivity index is 1.52. The molecule has 1 aromatic heterocycles. The van der Waals surface area contributed by atoms with Gasteiger partial charge in [-0.3, -0.25) is 4.79 Å². The Morgan fingerprint density at radius 1 is 1.14 bits per heavy atom. The quantitative estimate of drug-likeness (QED) is 0.941. The van der Waals surface area contributed by atoms with Gasteiger partial charge >= 0.3 is 0 Å². The number of benzene rings is 1. The number of ether oxygens (including phenoxy) is 2. The molecule has 1 aliphatic carbocycles. The molecule has 2 heterocycles. The average molecular weight is 299 g/mol. The zero-order valence-electron chi connectivity index (χ0n) is 12.1. The molecule has 0 spiro atoms. The molecule has 0 saturated heterocycles. The van der Waals surface area contributed by atoms with Crippen molar-refractivity contribution in [2.45, 2.75) is 24.8 Å². The summed E-state index contributed by atoms with van der Waals surface area (Å²) in [4.78, 5) is 12.6. The first-order valence-electron chi connectivity index (χ1n) is 7.49. The van der Waals surface area contributed by atoms with Crippen molar-refractivity contribution < 1.29 is 18.7 Å². The third kappa shape index (κ3) is 2.22. The molecular formula is C17H17NO4. The van der Waals surface area contributed by atoms with Crippen molar-refractivity contribution in [1.82, 2.24) is 5.32 Å². The molecule has 5 heteroatoms. The fourth-order valence-corrected chi connectivity index (χ4v) is 2.86. The second kappa shape index (κ2) is 5.09. The summed E-state index contributed by atoms with van der Waals surface area (Å²) in [5, 5.41) is 2.96. The molecule has 5 nitrogen and oxygen atoms in total. The van der Waals surface area contributed by atoms with Gasteiger partial charge in [-0.1, -0.05) is 6.07 Å². The van der Waals surface area contributed by atoms with E-state index in [4.69, 9.17) is 13.9 Å². The number of hydrogen-bond acceptors (Lipinski definition) is 4. The summed E-state index contributed by atoms with van der Waals surface area (Å²) in [6.07, 6.45) is 3.32. The van der Waals surface area contributed by atoms with Crippen LogP contribution in [0.1, 0.15) is 24.2 Å². The van der Waals surface area contributed by atoms with Crippen molar-refractivity contribution in [3.8, 4) is 11.5 Å². The normalized spacial score (nSPS) is 17.8. The number of carbonyl (C=O) groups is 1. The minimum absolute atomic E-state index is 0.0422. The van der Waals surface area contributed by atoms with Gasteiger partial charge in [0.25, 0.3) is 0 Å². The molecule has 0 bridgehead atoms. The molecule has 1 fully saturated rings. The van der Waals surface area contributed by atoms with Gasteiger partial charge in [-0.25, -0.2) is 0 Å². The molecule has 0 unspecified atom stereocenters. The van der Waals surface area contributed by atoms with Crippen LogP contribution in [-0.2, 0) is 16.8 Å². The van der Waals surface area contributed by atoms with Crippen LogP contribution in [0, 0.1) is 0 Å². The predicted molar refractivity (Wildman–Crippen MR) is 78.9 cm³/mol. The smallest absolute Gasteiger partial charge is 0.231 e. The van der Waals surface area contributed by atoms with Gasteiger partial charge in [-0.05, 0) is 42.7 Å². The number of hydrogen-bond donors (Lipinski definition) is 1. The number of carbonyl (C=O) groups excluding carboxylic acids is 1. The molecule has 2 aliphatic rings. The van der Waals surface area contributed by atoms with Crippen molar-refractivity contribution in [2.75, 3.05) is 13.2 Å². The molecule has 1 amide bonds. The van der Waals surface area contributed by atoms with Crippen LogP contribution in [0.3, 0.4) is 0 Å². The van der Waals surface area contributed by atoms with E-state index in [-0.39, 0.29) is 5.91 Å². The third-order valence-corrected chi connectivity index (χ3v) is 4.28. The van der Waals surface area contributed by atoms with E-state index >= 15 is 0 Å². The topological polar surface area (TPSA) is 60.7 Å². The Morgan fingerprint density at radius 2 is 1.95 bits per heavy atom. The van der Waals surface area contributed by atoms with Gasteiger partial charge in [0.2, 0.25) is 5.91 Å². The van der Waals surface area contributed by atoms with Crippen molar-refractivity contribution in [3.63, 3.8) is 0 Å². The molecular weight excluding hydrogens is 282 g/mol. The van der Waals surface area contributed by atoms with Gasteiger partial charge in [0.05, 0.1) is 18.2 Å².